The lowest BCUT2D eigenvalue weighted by molar-refractivity contribution is 0.102. The first-order chi connectivity index (χ1) is 13.3. The molecule has 0 saturated heterocycles. The second kappa shape index (κ2) is 8.04. The number of nitrogens with zero attached hydrogens (tertiary/aromatic N) is 3. The van der Waals surface area contributed by atoms with Crippen molar-refractivity contribution in [3.05, 3.63) is 71.3 Å². The molecule has 0 aliphatic heterocycles. The zero-order valence-electron chi connectivity index (χ0n) is 16.2. The van der Waals surface area contributed by atoms with Crippen LogP contribution in [0.15, 0.2) is 48.5 Å². The third-order valence-corrected chi connectivity index (χ3v) is 4.04. The van der Waals surface area contributed by atoms with Gasteiger partial charge in [-0.1, -0.05) is 6.07 Å². The van der Waals surface area contributed by atoms with Gasteiger partial charge in [0, 0.05) is 19.7 Å². The number of benzene rings is 2. The summed E-state index contributed by atoms with van der Waals surface area (Å²) in [6.07, 6.45) is 0. The summed E-state index contributed by atoms with van der Waals surface area (Å²) in [6.45, 7) is 3.65. The number of carbonyl (C=O) groups is 1. The van der Waals surface area contributed by atoms with Crippen LogP contribution in [0.2, 0.25) is 0 Å². The number of carbonyl (C=O) groups excluding carboxylic acids is 1. The molecule has 0 fully saturated rings. The van der Waals surface area contributed by atoms with E-state index in [9.17, 15) is 9.18 Å². The van der Waals surface area contributed by atoms with E-state index in [1.807, 2.05) is 32.8 Å². The molecule has 0 unspecified atom stereocenters. The maximum atomic E-state index is 13.0. The lowest BCUT2D eigenvalue weighted by Gasteiger charge is -2.16. The molecule has 1 N–H and O–H groups in total. The van der Waals surface area contributed by atoms with Crippen molar-refractivity contribution in [2.75, 3.05) is 24.3 Å². The van der Waals surface area contributed by atoms with Gasteiger partial charge in [0.05, 0.1) is 17.1 Å². The number of hydrogen-bond acceptors (Lipinski definition) is 5. The van der Waals surface area contributed by atoms with E-state index in [-0.39, 0.29) is 11.7 Å². The first-order valence-electron chi connectivity index (χ1n) is 8.71. The molecule has 1 heterocycles. The van der Waals surface area contributed by atoms with Crippen LogP contribution in [0, 0.1) is 19.7 Å². The molecular formula is C21H21FN4O2. The zero-order valence-corrected chi connectivity index (χ0v) is 16.2. The average Bonchev–Trinajstić information content (AvgIpc) is 2.66. The number of aromatic nitrogens is 2. The molecule has 1 amide bonds. The van der Waals surface area contributed by atoms with E-state index in [0.29, 0.717) is 40.1 Å². The average molecular weight is 380 g/mol. The largest absolute Gasteiger partial charge is 0.457 e. The molecule has 1 aromatic heterocycles. The minimum absolute atomic E-state index is 0.294. The number of nitrogens with one attached hydrogen (secondary N) is 1. The van der Waals surface area contributed by atoms with Crippen molar-refractivity contribution in [3.8, 4) is 11.5 Å². The Kier molecular flexibility index (Phi) is 5.54. The molecule has 3 aromatic rings. The number of amides is 1. The van der Waals surface area contributed by atoms with Gasteiger partial charge in [0.1, 0.15) is 17.3 Å². The SMILES string of the molecule is Cc1nc(N(C)C)nc(C)c1NC(=O)c1cccc(Oc2ccc(F)cc2)c1. The second-order valence-electron chi connectivity index (χ2n) is 6.50. The van der Waals surface area contributed by atoms with Gasteiger partial charge in [-0.25, -0.2) is 14.4 Å². The molecule has 0 aliphatic carbocycles. The lowest BCUT2D eigenvalue weighted by Crippen LogP contribution is -2.18. The Morgan fingerprint density at radius 2 is 1.64 bits per heavy atom. The van der Waals surface area contributed by atoms with E-state index in [1.54, 1.807) is 24.3 Å². The number of halogens is 1. The summed E-state index contributed by atoms with van der Waals surface area (Å²) in [4.78, 5) is 23.3. The normalized spacial score (nSPS) is 10.5. The molecule has 0 saturated carbocycles. The van der Waals surface area contributed by atoms with Crippen LogP contribution >= 0.6 is 0 Å². The Labute approximate surface area is 163 Å². The number of aryl methyl sites for hydroxylation is 2. The number of rotatable bonds is 5. The first-order valence-corrected chi connectivity index (χ1v) is 8.71. The van der Waals surface area contributed by atoms with E-state index in [0.717, 1.165) is 0 Å². The molecule has 28 heavy (non-hydrogen) atoms. The zero-order chi connectivity index (χ0) is 20.3. The van der Waals surface area contributed by atoms with Crippen molar-refractivity contribution < 1.29 is 13.9 Å². The van der Waals surface area contributed by atoms with E-state index in [2.05, 4.69) is 15.3 Å². The van der Waals surface area contributed by atoms with Crippen LogP contribution in [0.3, 0.4) is 0 Å². The van der Waals surface area contributed by atoms with Gasteiger partial charge in [-0.3, -0.25) is 4.79 Å². The van der Waals surface area contributed by atoms with Gasteiger partial charge in [0.25, 0.3) is 5.91 Å². The molecule has 0 atom stereocenters. The Balaban J connectivity index is 1.79. The highest BCUT2D eigenvalue weighted by Gasteiger charge is 2.14. The summed E-state index contributed by atoms with van der Waals surface area (Å²) in [5, 5.41) is 2.87. The Hall–Kier alpha value is -3.48. The van der Waals surface area contributed by atoms with Crippen molar-refractivity contribution in [1.29, 1.82) is 0 Å². The molecule has 144 valence electrons. The highest BCUT2D eigenvalue weighted by Crippen LogP contribution is 2.24. The van der Waals surface area contributed by atoms with E-state index >= 15 is 0 Å². The van der Waals surface area contributed by atoms with E-state index < -0.39 is 0 Å². The fourth-order valence-corrected chi connectivity index (χ4v) is 2.60. The topological polar surface area (TPSA) is 67.4 Å². The molecule has 3 rings (SSSR count). The van der Waals surface area contributed by atoms with Crippen LogP contribution in [-0.4, -0.2) is 30.0 Å². The predicted octanol–water partition coefficient (Wildman–Crippen LogP) is 4.34. The Morgan fingerprint density at radius 1 is 1.00 bits per heavy atom. The van der Waals surface area contributed by atoms with Gasteiger partial charge in [-0.15, -0.1) is 0 Å². The van der Waals surface area contributed by atoms with Gasteiger partial charge in [-0.05, 0) is 56.3 Å². The monoisotopic (exact) mass is 380 g/mol. The fourth-order valence-electron chi connectivity index (χ4n) is 2.60. The molecule has 2 aromatic carbocycles. The number of hydrogen-bond donors (Lipinski definition) is 1. The maximum Gasteiger partial charge on any atom is 0.255 e. The van der Waals surface area contributed by atoms with Gasteiger partial charge in [0.15, 0.2) is 0 Å². The lowest BCUT2D eigenvalue weighted by atomic mass is 10.2. The van der Waals surface area contributed by atoms with Crippen LogP contribution in [0.1, 0.15) is 21.7 Å². The van der Waals surface area contributed by atoms with Crippen LogP contribution in [0.4, 0.5) is 16.0 Å². The highest BCUT2D eigenvalue weighted by atomic mass is 19.1. The highest BCUT2D eigenvalue weighted by molar-refractivity contribution is 6.05. The Morgan fingerprint density at radius 3 is 2.25 bits per heavy atom. The van der Waals surface area contributed by atoms with Crippen molar-refractivity contribution >= 4 is 17.5 Å². The molecule has 7 heteroatoms. The number of anilines is 2. The van der Waals surface area contributed by atoms with Crippen molar-refractivity contribution in [2.45, 2.75) is 13.8 Å². The van der Waals surface area contributed by atoms with Gasteiger partial charge in [0.2, 0.25) is 5.95 Å². The van der Waals surface area contributed by atoms with Crippen molar-refractivity contribution in [1.82, 2.24) is 9.97 Å². The second-order valence-corrected chi connectivity index (χ2v) is 6.50. The van der Waals surface area contributed by atoms with Gasteiger partial charge in [-0.2, -0.15) is 0 Å². The predicted molar refractivity (Wildman–Crippen MR) is 107 cm³/mol. The summed E-state index contributed by atoms with van der Waals surface area (Å²) in [5.41, 5.74) is 2.38. The quantitative estimate of drug-likeness (QED) is 0.713. The van der Waals surface area contributed by atoms with E-state index in [1.165, 1.54) is 24.3 Å². The smallest absolute Gasteiger partial charge is 0.255 e. The maximum absolute atomic E-state index is 13.0. The molecule has 0 bridgehead atoms. The summed E-state index contributed by atoms with van der Waals surface area (Å²) >= 11 is 0. The first kappa shape index (κ1) is 19.3. The van der Waals surface area contributed by atoms with Crippen molar-refractivity contribution in [2.24, 2.45) is 0 Å². The summed E-state index contributed by atoms with van der Waals surface area (Å²) in [6, 6.07) is 12.4. The fraction of sp³-hybridized carbons (Fsp3) is 0.190. The molecule has 6 nitrogen and oxygen atoms in total. The molecular weight excluding hydrogens is 359 g/mol. The summed E-state index contributed by atoms with van der Waals surface area (Å²) in [5.74, 6) is 0.915. The van der Waals surface area contributed by atoms with Crippen LogP contribution in [-0.2, 0) is 0 Å². The van der Waals surface area contributed by atoms with Crippen LogP contribution in [0.5, 0.6) is 11.5 Å². The van der Waals surface area contributed by atoms with Gasteiger partial charge >= 0.3 is 0 Å². The Bertz CT molecular complexity index is 981. The molecule has 0 spiro atoms. The molecule has 0 aliphatic rings. The third-order valence-electron chi connectivity index (χ3n) is 4.04. The standard InChI is InChI=1S/C21H21FN4O2/c1-13-19(14(2)24-21(23-13)26(3)4)25-20(27)15-6-5-7-18(12-15)28-17-10-8-16(22)9-11-17/h5-12H,1-4H3,(H,25,27). The van der Waals surface area contributed by atoms with Crippen molar-refractivity contribution in [3.63, 3.8) is 0 Å². The van der Waals surface area contributed by atoms with Crippen LogP contribution < -0.4 is 15.0 Å². The number of ether oxygens (including phenoxy) is 1. The minimum atomic E-state index is -0.339. The third kappa shape index (κ3) is 4.43. The molecule has 0 radical (unpaired) electrons. The van der Waals surface area contributed by atoms with E-state index in [4.69, 9.17) is 4.74 Å². The summed E-state index contributed by atoms with van der Waals surface area (Å²) in [7, 11) is 3.72. The van der Waals surface area contributed by atoms with Gasteiger partial charge < -0.3 is 15.0 Å². The minimum Gasteiger partial charge on any atom is -0.457 e. The van der Waals surface area contributed by atoms with Crippen LogP contribution in [0.25, 0.3) is 0 Å². The summed E-state index contributed by atoms with van der Waals surface area (Å²) < 4.78 is 18.7.